The van der Waals surface area contributed by atoms with E-state index in [0.717, 1.165) is 31.4 Å². The summed E-state index contributed by atoms with van der Waals surface area (Å²) in [6.45, 7) is 0. The predicted octanol–water partition coefficient (Wildman–Crippen LogP) is 4.48. The highest BCUT2D eigenvalue weighted by atomic mass is 79.9. The molecule has 0 aliphatic rings. The normalized spacial score (nSPS) is 10.7. The van der Waals surface area contributed by atoms with Crippen molar-refractivity contribution < 1.29 is 0 Å². The minimum absolute atomic E-state index is 0.684. The molecule has 3 N–H and O–H groups in total. The Balaban J connectivity index is 2.10. The molecule has 20 heavy (non-hydrogen) atoms. The molecule has 0 amide bonds. The highest BCUT2D eigenvalue weighted by Crippen LogP contribution is 2.31. The van der Waals surface area contributed by atoms with Gasteiger partial charge in [0, 0.05) is 20.0 Å². The van der Waals surface area contributed by atoms with Crippen molar-refractivity contribution in [3.05, 3.63) is 51.7 Å². The van der Waals surface area contributed by atoms with E-state index in [9.17, 15) is 0 Å². The lowest BCUT2D eigenvalue weighted by atomic mass is 10.2. The molecule has 0 saturated heterocycles. The molecule has 3 aromatic rings. The molecule has 0 aliphatic heterocycles. The van der Waals surface area contributed by atoms with Crippen LogP contribution in [0, 0.1) is 0 Å². The number of fused-ring (bicyclic) bond motifs is 1. The first kappa shape index (κ1) is 13.3. The first-order valence-electron chi connectivity index (χ1n) is 5.86. The number of nitrogens with one attached hydrogen (secondary N) is 1. The van der Waals surface area contributed by atoms with Crippen molar-refractivity contribution in [3.8, 4) is 0 Å². The smallest absolute Gasteiger partial charge is 0.141 e. The van der Waals surface area contributed by atoms with Crippen LogP contribution in [0.1, 0.15) is 0 Å². The molecule has 0 spiro atoms. The van der Waals surface area contributed by atoms with Crippen LogP contribution in [0.5, 0.6) is 0 Å². The number of nitrogens with two attached hydrogens (primary N) is 1. The number of rotatable bonds is 2. The monoisotopic (exact) mass is 392 g/mol. The van der Waals surface area contributed by atoms with E-state index in [1.54, 1.807) is 0 Å². The Hall–Kier alpha value is -1.66. The zero-order valence-corrected chi connectivity index (χ0v) is 13.4. The number of benzene rings is 2. The highest BCUT2D eigenvalue weighted by molar-refractivity contribution is 9.11. The number of hydrogen-bond donors (Lipinski definition) is 2. The molecule has 0 radical (unpaired) electrons. The van der Waals surface area contributed by atoms with Crippen LogP contribution in [-0.2, 0) is 0 Å². The third kappa shape index (κ3) is 2.62. The fourth-order valence-electron chi connectivity index (χ4n) is 1.89. The lowest BCUT2D eigenvalue weighted by molar-refractivity contribution is 1.22. The number of aromatic nitrogens is 2. The van der Waals surface area contributed by atoms with E-state index in [1.807, 2.05) is 36.4 Å². The molecule has 2 aromatic carbocycles. The van der Waals surface area contributed by atoms with Gasteiger partial charge in [-0.25, -0.2) is 9.97 Å². The first-order chi connectivity index (χ1) is 9.63. The summed E-state index contributed by atoms with van der Waals surface area (Å²) in [4.78, 5) is 8.54. The van der Waals surface area contributed by atoms with Crippen LogP contribution in [0.2, 0.25) is 0 Å². The van der Waals surface area contributed by atoms with Crippen molar-refractivity contribution in [2.45, 2.75) is 0 Å². The minimum Gasteiger partial charge on any atom is -0.399 e. The summed E-state index contributed by atoms with van der Waals surface area (Å²) in [5, 5.41) is 4.19. The third-order valence-electron chi connectivity index (χ3n) is 2.84. The molecule has 4 nitrogen and oxygen atoms in total. The van der Waals surface area contributed by atoms with Gasteiger partial charge in [-0.3, -0.25) is 0 Å². The highest BCUT2D eigenvalue weighted by Gasteiger charge is 2.07. The van der Waals surface area contributed by atoms with Crippen LogP contribution >= 0.6 is 31.9 Å². The third-order valence-corrected chi connectivity index (χ3v) is 4.03. The van der Waals surface area contributed by atoms with Crippen molar-refractivity contribution in [2.75, 3.05) is 11.1 Å². The van der Waals surface area contributed by atoms with E-state index < -0.39 is 0 Å². The molecule has 100 valence electrons. The van der Waals surface area contributed by atoms with Gasteiger partial charge in [0.05, 0.1) is 11.2 Å². The van der Waals surface area contributed by atoms with E-state index in [-0.39, 0.29) is 0 Å². The van der Waals surface area contributed by atoms with Gasteiger partial charge in [-0.05, 0) is 52.3 Å². The summed E-state index contributed by atoms with van der Waals surface area (Å²) in [5.74, 6) is 0.723. The first-order valence-corrected chi connectivity index (χ1v) is 7.44. The Morgan fingerprint density at radius 2 is 1.85 bits per heavy atom. The Morgan fingerprint density at radius 3 is 2.70 bits per heavy atom. The topological polar surface area (TPSA) is 63.8 Å². The van der Waals surface area contributed by atoms with Crippen LogP contribution in [0.25, 0.3) is 10.9 Å². The second kappa shape index (κ2) is 5.38. The number of nitrogen functional groups attached to an aromatic ring is 1. The number of halogens is 2. The summed E-state index contributed by atoms with van der Waals surface area (Å²) in [5.41, 5.74) is 8.29. The van der Waals surface area contributed by atoms with Gasteiger partial charge >= 0.3 is 0 Å². The van der Waals surface area contributed by atoms with Crippen molar-refractivity contribution in [2.24, 2.45) is 0 Å². The molecule has 0 aliphatic carbocycles. The molecular formula is C14H10Br2N4. The molecule has 0 unspecified atom stereocenters. The molecular weight excluding hydrogens is 384 g/mol. The van der Waals surface area contributed by atoms with Crippen LogP contribution in [0.4, 0.5) is 17.2 Å². The van der Waals surface area contributed by atoms with Crippen LogP contribution < -0.4 is 11.1 Å². The van der Waals surface area contributed by atoms with Crippen molar-refractivity contribution >= 4 is 60.0 Å². The summed E-state index contributed by atoms with van der Waals surface area (Å²) in [7, 11) is 0. The molecule has 0 saturated carbocycles. The summed E-state index contributed by atoms with van der Waals surface area (Å²) < 4.78 is 1.94. The molecule has 1 heterocycles. The summed E-state index contributed by atoms with van der Waals surface area (Å²) in [6.07, 6.45) is 1.53. The SMILES string of the molecule is Nc1ccc2ncnc(Nc3cc(Br)ccc3Br)c2c1. The lowest BCUT2D eigenvalue weighted by Gasteiger charge is -2.10. The van der Waals surface area contributed by atoms with Crippen LogP contribution in [-0.4, -0.2) is 9.97 Å². The average Bonchev–Trinajstić information content (AvgIpc) is 2.43. The summed E-state index contributed by atoms with van der Waals surface area (Å²) >= 11 is 6.97. The van der Waals surface area contributed by atoms with Crippen molar-refractivity contribution in [1.82, 2.24) is 9.97 Å². The van der Waals surface area contributed by atoms with E-state index in [0.29, 0.717) is 5.69 Å². The Labute approximate surface area is 132 Å². The number of nitrogens with zero attached hydrogens (tertiary/aromatic N) is 2. The molecule has 1 aromatic heterocycles. The Kier molecular flexibility index (Phi) is 3.58. The number of hydrogen-bond acceptors (Lipinski definition) is 4. The zero-order valence-electron chi connectivity index (χ0n) is 10.3. The summed E-state index contributed by atoms with van der Waals surface area (Å²) in [6, 6.07) is 11.5. The predicted molar refractivity (Wildman–Crippen MR) is 89.1 cm³/mol. The molecule has 3 rings (SSSR count). The van der Waals surface area contributed by atoms with Gasteiger partial charge in [-0.15, -0.1) is 0 Å². The molecule has 6 heteroatoms. The van der Waals surface area contributed by atoms with E-state index in [2.05, 4.69) is 47.1 Å². The maximum absolute atomic E-state index is 5.84. The van der Waals surface area contributed by atoms with Crippen molar-refractivity contribution in [1.29, 1.82) is 0 Å². The van der Waals surface area contributed by atoms with Gasteiger partial charge in [-0.2, -0.15) is 0 Å². The number of anilines is 3. The van der Waals surface area contributed by atoms with E-state index in [4.69, 9.17) is 5.73 Å². The Bertz CT molecular complexity index is 789. The molecule has 0 bridgehead atoms. The maximum atomic E-state index is 5.84. The van der Waals surface area contributed by atoms with Gasteiger partial charge in [0.25, 0.3) is 0 Å². The fraction of sp³-hybridized carbons (Fsp3) is 0. The van der Waals surface area contributed by atoms with Gasteiger partial charge in [-0.1, -0.05) is 15.9 Å². The molecule has 0 atom stereocenters. The second-order valence-electron chi connectivity index (χ2n) is 4.25. The molecule has 0 fully saturated rings. The standard InChI is InChI=1S/C14H10Br2N4/c15-8-1-3-11(16)13(5-8)20-14-10-6-9(17)2-4-12(10)18-7-19-14/h1-7H,17H2,(H,18,19,20). The van der Waals surface area contributed by atoms with Crippen LogP contribution in [0.15, 0.2) is 51.7 Å². The van der Waals surface area contributed by atoms with E-state index in [1.165, 1.54) is 6.33 Å². The zero-order chi connectivity index (χ0) is 14.1. The fourth-order valence-corrected chi connectivity index (χ4v) is 2.60. The van der Waals surface area contributed by atoms with Gasteiger partial charge < -0.3 is 11.1 Å². The van der Waals surface area contributed by atoms with Gasteiger partial charge in [0.1, 0.15) is 12.1 Å². The van der Waals surface area contributed by atoms with Crippen molar-refractivity contribution in [3.63, 3.8) is 0 Å². The quantitative estimate of drug-likeness (QED) is 0.630. The largest absolute Gasteiger partial charge is 0.399 e. The van der Waals surface area contributed by atoms with Gasteiger partial charge in [0.2, 0.25) is 0 Å². The lowest BCUT2D eigenvalue weighted by Crippen LogP contribution is -1.97. The van der Waals surface area contributed by atoms with Crippen LogP contribution in [0.3, 0.4) is 0 Å². The van der Waals surface area contributed by atoms with E-state index >= 15 is 0 Å². The van der Waals surface area contributed by atoms with Gasteiger partial charge in [0.15, 0.2) is 0 Å². The Morgan fingerprint density at radius 1 is 1.00 bits per heavy atom. The minimum atomic E-state index is 0.684. The second-order valence-corrected chi connectivity index (χ2v) is 6.02. The average molecular weight is 394 g/mol. The maximum Gasteiger partial charge on any atom is 0.141 e.